The van der Waals surface area contributed by atoms with Gasteiger partial charge in [-0.2, -0.15) is 0 Å². The Labute approximate surface area is 94.0 Å². The molecule has 0 bridgehead atoms. The van der Waals surface area contributed by atoms with Crippen LogP contribution in [0.3, 0.4) is 0 Å². The van der Waals surface area contributed by atoms with Crippen LogP contribution in [0.1, 0.15) is 12.8 Å². The highest BCUT2D eigenvalue weighted by atomic mass is 16.4. The Morgan fingerprint density at radius 1 is 1.25 bits per heavy atom. The van der Waals surface area contributed by atoms with Gasteiger partial charge >= 0.3 is 6.09 Å². The van der Waals surface area contributed by atoms with Crippen molar-refractivity contribution in [3.8, 4) is 0 Å². The van der Waals surface area contributed by atoms with E-state index in [9.17, 15) is 4.79 Å². The molecule has 0 saturated carbocycles. The van der Waals surface area contributed by atoms with Crippen molar-refractivity contribution >= 4 is 17.5 Å². The van der Waals surface area contributed by atoms with Crippen LogP contribution in [0.15, 0.2) is 24.3 Å². The quantitative estimate of drug-likeness (QED) is 0.452. The van der Waals surface area contributed by atoms with Crippen LogP contribution < -0.4 is 15.8 Å². The number of carbonyl (C=O) groups is 1. The molecule has 1 saturated heterocycles. The number of rotatable bonds is 2. The Morgan fingerprint density at radius 2 is 1.81 bits per heavy atom. The van der Waals surface area contributed by atoms with Gasteiger partial charge in [0.05, 0.1) is 5.69 Å². The molecular formula is C11H15N3O2. The maximum absolute atomic E-state index is 10.6. The Kier molecular flexibility index (Phi) is 2.96. The van der Waals surface area contributed by atoms with Gasteiger partial charge in [0.1, 0.15) is 0 Å². The number of hydrazine groups is 1. The monoisotopic (exact) mass is 221 g/mol. The average Bonchev–Trinajstić information content (AvgIpc) is 2.81. The number of hydrogen-bond acceptors (Lipinski definition) is 3. The predicted octanol–water partition coefficient (Wildman–Crippen LogP) is 1.64. The van der Waals surface area contributed by atoms with E-state index in [1.54, 1.807) is 12.1 Å². The van der Waals surface area contributed by atoms with E-state index < -0.39 is 6.09 Å². The predicted molar refractivity (Wildman–Crippen MR) is 62.6 cm³/mol. The third-order valence-corrected chi connectivity index (χ3v) is 2.81. The number of carboxylic acid groups (broad SMARTS) is 1. The van der Waals surface area contributed by atoms with Gasteiger partial charge < -0.3 is 10.0 Å². The van der Waals surface area contributed by atoms with Crippen molar-refractivity contribution in [2.45, 2.75) is 12.8 Å². The summed E-state index contributed by atoms with van der Waals surface area (Å²) in [4.78, 5) is 12.9. The van der Waals surface area contributed by atoms with Crippen molar-refractivity contribution in [1.82, 2.24) is 0 Å². The molecule has 0 aromatic heterocycles. The van der Waals surface area contributed by atoms with Crippen molar-refractivity contribution < 1.29 is 9.90 Å². The fourth-order valence-corrected chi connectivity index (χ4v) is 1.91. The van der Waals surface area contributed by atoms with Crippen molar-refractivity contribution in [2.75, 3.05) is 23.0 Å². The molecule has 0 spiro atoms. The molecule has 5 heteroatoms. The molecule has 1 aromatic carbocycles. The van der Waals surface area contributed by atoms with Gasteiger partial charge in [-0.15, -0.1) is 0 Å². The summed E-state index contributed by atoms with van der Waals surface area (Å²) in [6.45, 7) is 2.15. The van der Waals surface area contributed by atoms with E-state index in [0.717, 1.165) is 18.8 Å². The van der Waals surface area contributed by atoms with Crippen molar-refractivity contribution in [1.29, 1.82) is 0 Å². The van der Waals surface area contributed by atoms with E-state index in [1.165, 1.54) is 12.8 Å². The Bertz CT molecular complexity index is 371. The zero-order valence-corrected chi connectivity index (χ0v) is 8.97. The molecule has 0 radical (unpaired) electrons. The SMILES string of the molecule is NN(C(=O)O)c1ccc(N2CCCC2)cc1. The summed E-state index contributed by atoms with van der Waals surface area (Å²) in [6, 6.07) is 7.26. The van der Waals surface area contributed by atoms with E-state index in [4.69, 9.17) is 10.9 Å². The number of nitrogens with two attached hydrogens (primary N) is 1. The minimum absolute atomic E-state index is 0.482. The summed E-state index contributed by atoms with van der Waals surface area (Å²) in [5.41, 5.74) is 1.61. The minimum Gasteiger partial charge on any atom is -0.464 e. The first kappa shape index (κ1) is 10.8. The molecule has 1 fully saturated rings. The summed E-state index contributed by atoms with van der Waals surface area (Å²) in [5.74, 6) is 5.36. The van der Waals surface area contributed by atoms with Crippen LogP contribution in [-0.4, -0.2) is 24.3 Å². The van der Waals surface area contributed by atoms with Crippen LogP contribution in [-0.2, 0) is 0 Å². The Hall–Kier alpha value is -1.75. The van der Waals surface area contributed by atoms with E-state index >= 15 is 0 Å². The molecule has 0 aliphatic carbocycles. The number of anilines is 2. The fourth-order valence-electron chi connectivity index (χ4n) is 1.91. The minimum atomic E-state index is -1.16. The maximum atomic E-state index is 10.6. The van der Waals surface area contributed by atoms with Crippen LogP contribution >= 0.6 is 0 Å². The highest BCUT2D eigenvalue weighted by Crippen LogP contribution is 2.22. The van der Waals surface area contributed by atoms with Crippen molar-refractivity contribution in [2.24, 2.45) is 5.84 Å². The summed E-state index contributed by atoms with van der Waals surface area (Å²) in [6.07, 6.45) is 1.29. The summed E-state index contributed by atoms with van der Waals surface area (Å²) in [7, 11) is 0. The van der Waals surface area contributed by atoms with Gasteiger partial charge in [0.25, 0.3) is 0 Å². The molecule has 16 heavy (non-hydrogen) atoms. The first-order chi connectivity index (χ1) is 7.68. The van der Waals surface area contributed by atoms with E-state index in [-0.39, 0.29) is 0 Å². The van der Waals surface area contributed by atoms with Crippen LogP contribution in [0, 0.1) is 0 Å². The molecule has 1 aromatic rings. The third-order valence-electron chi connectivity index (χ3n) is 2.81. The summed E-state index contributed by atoms with van der Waals surface area (Å²) >= 11 is 0. The molecule has 1 heterocycles. The van der Waals surface area contributed by atoms with Gasteiger partial charge in [0.2, 0.25) is 0 Å². The molecule has 1 aliphatic heterocycles. The molecule has 3 N–H and O–H groups in total. The second kappa shape index (κ2) is 4.40. The lowest BCUT2D eigenvalue weighted by atomic mass is 10.2. The smallest absolute Gasteiger partial charge is 0.426 e. The second-order valence-corrected chi connectivity index (χ2v) is 3.86. The first-order valence-corrected chi connectivity index (χ1v) is 5.31. The largest absolute Gasteiger partial charge is 0.464 e. The summed E-state index contributed by atoms with van der Waals surface area (Å²) < 4.78 is 0. The molecular weight excluding hydrogens is 206 g/mol. The standard InChI is InChI=1S/C11H15N3O2/c12-14(11(15)16)10-5-3-9(4-6-10)13-7-1-2-8-13/h3-6H,1-2,7-8,12H2,(H,15,16). The van der Waals surface area contributed by atoms with Gasteiger partial charge in [-0.25, -0.2) is 15.6 Å². The lowest BCUT2D eigenvalue weighted by molar-refractivity contribution is 0.202. The molecule has 1 amide bonds. The second-order valence-electron chi connectivity index (χ2n) is 3.86. The van der Waals surface area contributed by atoms with Gasteiger partial charge in [-0.1, -0.05) is 0 Å². The molecule has 2 rings (SSSR count). The van der Waals surface area contributed by atoms with Crippen LogP contribution in [0.2, 0.25) is 0 Å². The van der Waals surface area contributed by atoms with Crippen LogP contribution in [0.25, 0.3) is 0 Å². The number of amides is 1. The molecule has 0 unspecified atom stereocenters. The molecule has 1 aliphatic rings. The number of benzene rings is 1. The van der Waals surface area contributed by atoms with Gasteiger partial charge in [0.15, 0.2) is 0 Å². The summed E-state index contributed by atoms with van der Waals surface area (Å²) in [5, 5.41) is 9.42. The number of nitrogens with zero attached hydrogens (tertiary/aromatic N) is 2. The molecule has 86 valence electrons. The van der Waals surface area contributed by atoms with Crippen molar-refractivity contribution in [3.05, 3.63) is 24.3 Å². The zero-order chi connectivity index (χ0) is 11.5. The topological polar surface area (TPSA) is 69.8 Å². The van der Waals surface area contributed by atoms with Crippen LogP contribution in [0.5, 0.6) is 0 Å². The Balaban J connectivity index is 2.12. The molecule has 5 nitrogen and oxygen atoms in total. The van der Waals surface area contributed by atoms with E-state index in [2.05, 4.69) is 4.90 Å². The van der Waals surface area contributed by atoms with Gasteiger partial charge in [-0.05, 0) is 37.1 Å². The third kappa shape index (κ3) is 2.09. The average molecular weight is 221 g/mol. The first-order valence-electron chi connectivity index (χ1n) is 5.31. The van der Waals surface area contributed by atoms with E-state index in [1.807, 2.05) is 12.1 Å². The highest BCUT2D eigenvalue weighted by Gasteiger charge is 2.13. The van der Waals surface area contributed by atoms with Gasteiger partial charge in [-0.3, -0.25) is 0 Å². The Morgan fingerprint density at radius 3 is 2.31 bits per heavy atom. The van der Waals surface area contributed by atoms with Gasteiger partial charge in [0, 0.05) is 18.8 Å². The van der Waals surface area contributed by atoms with E-state index in [0.29, 0.717) is 10.7 Å². The molecule has 0 atom stereocenters. The highest BCUT2D eigenvalue weighted by molar-refractivity contribution is 5.84. The van der Waals surface area contributed by atoms with Crippen LogP contribution in [0.4, 0.5) is 16.2 Å². The lowest BCUT2D eigenvalue weighted by Gasteiger charge is -2.19. The zero-order valence-electron chi connectivity index (χ0n) is 8.97. The van der Waals surface area contributed by atoms with Crippen molar-refractivity contribution in [3.63, 3.8) is 0 Å². The normalized spacial score (nSPS) is 15.2. The maximum Gasteiger partial charge on any atom is 0.426 e. The lowest BCUT2D eigenvalue weighted by Crippen LogP contribution is -2.35. The fraction of sp³-hybridized carbons (Fsp3) is 0.364. The number of hydrogen-bond donors (Lipinski definition) is 2.